The average molecular weight is 274 g/mol. The average Bonchev–Trinajstić information content (AvgIpc) is 2.35. The number of pyridine rings is 1. The summed E-state index contributed by atoms with van der Waals surface area (Å²) in [4.78, 5) is 14.1. The van der Waals surface area contributed by atoms with Crippen molar-refractivity contribution in [1.29, 1.82) is 0 Å². The lowest BCUT2D eigenvalue weighted by Crippen LogP contribution is -2.35. The van der Waals surface area contributed by atoms with Gasteiger partial charge in [-0.2, -0.15) is 0 Å². The molecule has 0 fully saturated rings. The van der Waals surface area contributed by atoms with Gasteiger partial charge >= 0.3 is 0 Å². The zero-order chi connectivity index (χ0) is 13.8. The number of nitro groups is 1. The predicted octanol–water partition coefficient (Wildman–Crippen LogP) is 2.61. The van der Waals surface area contributed by atoms with E-state index in [1.807, 2.05) is 13.8 Å². The van der Waals surface area contributed by atoms with Crippen LogP contribution in [0.1, 0.15) is 26.7 Å². The molecule has 0 aliphatic rings. The molecule has 6 nitrogen and oxygen atoms in total. The molecule has 0 bridgehead atoms. The summed E-state index contributed by atoms with van der Waals surface area (Å²) in [5.74, 6) is 0.287. The Hall–Kier alpha value is -1.40. The summed E-state index contributed by atoms with van der Waals surface area (Å²) in [6.07, 6.45) is 1.16. The van der Waals surface area contributed by atoms with Gasteiger partial charge in [-0.3, -0.25) is 10.1 Å². The fraction of sp³-hybridized carbons (Fsp3) is 0.545. The molecule has 0 aliphatic heterocycles. The number of anilines is 1. The van der Waals surface area contributed by atoms with Crippen LogP contribution in [0.3, 0.4) is 0 Å². The van der Waals surface area contributed by atoms with E-state index in [1.54, 1.807) is 0 Å². The Morgan fingerprint density at radius 2 is 2.11 bits per heavy atom. The lowest BCUT2D eigenvalue weighted by Gasteiger charge is -2.25. The minimum Gasteiger partial charge on any atom is -0.388 e. The van der Waals surface area contributed by atoms with Crippen LogP contribution in [0.5, 0.6) is 0 Å². The van der Waals surface area contributed by atoms with E-state index in [-0.39, 0.29) is 23.2 Å². The van der Waals surface area contributed by atoms with E-state index in [4.69, 9.17) is 11.6 Å². The first-order valence-electron chi connectivity index (χ1n) is 5.68. The van der Waals surface area contributed by atoms with Gasteiger partial charge in [0.05, 0.1) is 22.7 Å². The van der Waals surface area contributed by atoms with E-state index in [0.717, 1.165) is 0 Å². The van der Waals surface area contributed by atoms with Crippen molar-refractivity contribution < 1.29 is 10.0 Å². The quantitative estimate of drug-likeness (QED) is 0.472. The standard InChI is InChI=1S/C11H16ClN3O3/c1-3-11(16,4-2)7-13-10-6-8(15(17)18)5-9(12)14-10/h5-6,16H,3-4,7H2,1-2H3,(H,13,14). The first-order valence-corrected chi connectivity index (χ1v) is 6.06. The number of aliphatic hydroxyl groups is 1. The van der Waals surface area contributed by atoms with E-state index in [9.17, 15) is 15.2 Å². The van der Waals surface area contributed by atoms with Crippen LogP contribution in [0.2, 0.25) is 5.15 Å². The van der Waals surface area contributed by atoms with Crippen molar-refractivity contribution in [3.8, 4) is 0 Å². The number of rotatable bonds is 6. The van der Waals surface area contributed by atoms with Gasteiger partial charge in [0.2, 0.25) is 0 Å². The molecule has 0 unspecified atom stereocenters. The van der Waals surface area contributed by atoms with Gasteiger partial charge in [-0.05, 0) is 12.8 Å². The molecule has 100 valence electrons. The molecule has 1 aromatic heterocycles. The van der Waals surface area contributed by atoms with Crippen molar-refractivity contribution in [3.63, 3.8) is 0 Å². The Morgan fingerprint density at radius 1 is 1.50 bits per heavy atom. The molecular formula is C11H16ClN3O3. The van der Waals surface area contributed by atoms with Gasteiger partial charge in [0.25, 0.3) is 5.69 Å². The van der Waals surface area contributed by atoms with Crippen LogP contribution < -0.4 is 5.32 Å². The maximum Gasteiger partial charge on any atom is 0.276 e. The highest BCUT2D eigenvalue weighted by atomic mass is 35.5. The molecule has 7 heteroatoms. The zero-order valence-electron chi connectivity index (χ0n) is 10.3. The third-order valence-electron chi connectivity index (χ3n) is 2.90. The van der Waals surface area contributed by atoms with E-state index < -0.39 is 10.5 Å². The molecule has 1 heterocycles. The summed E-state index contributed by atoms with van der Waals surface area (Å²) in [6.45, 7) is 4.02. The zero-order valence-corrected chi connectivity index (χ0v) is 11.1. The molecule has 0 radical (unpaired) electrons. The smallest absolute Gasteiger partial charge is 0.276 e. The van der Waals surface area contributed by atoms with Crippen molar-refractivity contribution in [3.05, 3.63) is 27.4 Å². The molecule has 18 heavy (non-hydrogen) atoms. The lowest BCUT2D eigenvalue weighted by molar-refractivity contribution is -0.384. The van der Waals surface area contributed by atoms with Gasteiger partial charge in [0, 0.05) is 6.54 Å². The van der Waals surface area contributed by atoms with Gasteiger partial charge < -0.3 is 10.4 Å². The SMILES string of the molecule is CCC(O)(CC)CNc1cc([N+](=O)[O-])cc(Cl)n1. The Kier molecular flexibility index (Phi) is 4.86. The van der Waals surface area contributed by atoms with Crippen molar-refractivity contribution in [2.24, 2.45) is 0 Å². The summed E-state index contributed by atoms with van der Waals surface area (Å²) in [7, 11) is 0. The Bertz CT molecular complexity index is 436. The first kappa shape index (κ1) is 14.7. The highest BCUT2D eigenvalue weighted by Gasteiger charge is 2.22. The van der Waals surface area contributed by atoms with Crippen molar-refractivity contribution in [1.82, 2.24) is 4.98 Å². The summed E-state index contributed by atoms with van der Waals surface area (Å²) in [5, 5.41) is 23.7. The van der Waals surface area contributed by atoms with Crippen LogP contribution in [-0.4, -0.2) is 27.2 Å². The van der Waals surface area contributed by atoms with Crippen molar-refractivity contribution >= 4 is 23.1 Å². The van der Waals surface area contributed by atoms with Gasteiger partial charge in [-0.1, -0.05) is 25.4 Å². The lowest BCUT2D eigenvalue weighted by atomic mass is 9.98. The van der Waals surface area contributed by atoms with E-state index >= 15 is 0 Å². The van der Waals surface area contributed by atoms with E-state index in [2.05, 4.69) is 10.3 Å². The van der Waals surface area contributed by atoms with Crippen molar-refractivity contribution in [2.45, 2.75) is 32.3 Å². The van der Waals surface area contributed by atoms with Gasteiger partial charge in [-0.15, -0.1) is 0 Å². The molecule has 2 N–H and O–H groups in total. The van der Waals surface area contributed by atoms with Crippen LogP contribution in [0.25, 0.3) is 0 Å². The number of hydrogen-bond acceptors (Lipinski definition) is 5. The molecule has 0 saturated heterocycles. The van der Waals surface area contributed by atoms with Crippen LogP contribution in [0.15, 0.2) is 12.1 Å². The molecule has 1 rings (SSSR count). The molecule has 0 spiro atoms. The largest absolute Gasteiger partial charge is 0.388 e. The Balaban J connectivity index is 2.82. The molecule has 0 atom stereocenters. The molecule has 0 aliphatic carbocycles. The second kappa shape index (κ2) is 5.97. The Labute approximate surface area is 110 Å². The summed E-state index contributed by atoms with van der Waals surface area (Å²) >= 11 is 5.69. The maximum absolute atomic E-state index is 10.7. The van der Waals surface area contributed by atoms with Crippen LogP contribution >= 0.6 is 11.6 Å². The number of hydrogen-bond donors (Lipinski definition) is 2. The minimum absolute atomic E-state index is 0.0447. The minimum atomic E-state index is -0.848. The summed E-state index contributed by atoms with van der Waals surface area (Å²) in [6, 6.07) is 2.47. The monoisotopic (exact) mass is 273 g/mol. The predicted molar refractivity (Wildman–Crippen MR) is 69.9 cm³/mol. The summed E-state index contributed by atoms with van der Waals surface area (Å²) in [5.41, 5.74) is -0.979. The van der Waals surface area contributed by atoms with Gasteiger partial charge in [0.1, 0.15) is 11.0 Å². The third-order valence-corrected chi connectivity index (χ3v) is 3.10. The number of nitrogens with zero attached hydrogens (tertiary/aromatic N) is 2. The highest BCUT2D eigenvalue weighted by Crippen LogP contribution is 2.22. The fourth-order valence-electron chi connectivity index (χ4n) is 1.43. The van der Waals surface area contributed by atoms with Crippen LogP contribution in [0.4, 0.5) is 11.5 Å². The second-order valence-corrected chi connectivity index (χ2v) is 4.46. The first-order chi connectivity index (χ1) is 8.40. The second-order valence-electron chi connectivity index (χ2n) is 4.08. The maximum atomic E-state index is 10.7. The molecule has 0 amide bonds. The number of nitrogens with one attached hydrogen (secondary N) is 1. The van der Waals surface area contributed by atoms with Gasteiger partial charge in [-0.25, -0.2) is 4.98 Å². The van der Waals surface area contributed by atoms with Crippen LogP contribution in [0, 0.1) is 10.1 Å². The number of halogens is 1. The highest BCUT2D eigenvalue weighted by molar-refractivity contribution is 6.29. The van der Waals surface area contributed by atoms with Crippen LogP contribution in [-0.2, 0) is 0 Å². The molecule has 0 aromatic carbocycles. The number of aromatic nitrogens is 1. The molecule has 1 aromatic rings. The summed E-state index contributed by atoms with van der Waals surface area (Å²) < 4.78 is 0. The third kappa shape index (κ3) is 3.82. The molecule has 0 saturated carbocycles. The fourth-order valence-corrected chi connectivity index (χ4v) is 1.64. The van der Waals surface area contributed by atoms with E-state index in [1.165, 1.54) is 12.1 Å². The van der Waals surface area contributed by atoms with Gasteiger partial charge in [0.15, 0.2) is 0 Å². The normalized spacial score (nSPS) is 11.3. The van der Waals surface area contributed by atoms with E-state index in [0.29, 0.717) is 12.8 Å². The molecular weight excluding hydrogens is 258 g/mol. The Morgan fingerprint density at radius 3 is 2.61 bits per heavy atom. The topological polar surface area (TPSA) is 88.3 Å². The van der Waals surface area contributed by atoms with Crippen molar-refractivity contribution in [2.75, 3.05) is 11.9 Å².